The molecule has 39 heavy (non-hydrogen) atoms. The second-order valence-corrected chi connectivity index (χ2v) is 9.77. The molecule has 0 atom stereocenters. The zero-order valence-electron chi connectivity index (χ0n) is 22.8. The molecule has 3 aromatic rings. The number of likely N-dealkylation sites (N-methyl/N-ethyl adjacent to an activating group) is 1. The van der Waals surface area contributed by atoms with Crippen LogP contribution in [0.5, 0.6) is 5.75 Å². The number of carbonyl (C=O) groups excluding carboxylic acids is 2. The quantitative estimate of drug-likeness (QED) is 0.472. The molecule has 2 aliphatic heterocycles. The lowest BCUT2D eigenvalue weighted by Crippen LogP contribution is -2.44. The maximum Gasteiger partial charge on any atom is 0.330 e. The van der Waals surface area contributed by atoms with Crippen LogP contribution >= 0.6 is 0 Å². The van der Waals surface area contributed by atoms with E-state index in [2.05, 4.69) is 38.5 Å². The van der Waals surface area contributed by atoms with E-state index in [1.165, 1.54) is 0 Å². The normalized spacial score (nSPS) is 15.7. The van der Waals surface area contributed by atoms with Crippen molar-refractivity contribution in [2.75, 3.05) is 67.8 Å². The van der Waals surface area contributed by atoms with Crippen molar-refractivity contribution in [1.29, 1.82) is 0 Å². The summed E-state index contributed by atoms with van der Waals surface area (Å²) in [6.07, 6.45) is 2.09. The number of aromatic nitrogens is 2. The topological polar surface area (TPSA) is 106 Å². The number of ether oxygens (including phenoxy) is 1. The van der Waals surface area contributed by atoms with E-state index in [1.54, 1.807) is 55.3 Å². The van der Waals surface area contributed by atoms with E-state index < -0.39 is 0 Å². The number of methoxy groups -OCH3 is 1. The van der Waals surface area contributed by atoms with Gasteiger partial charge in [0.2, 0.25) is 11.9 Å². The van der Waals surface area contributed by atoms with Crippen molar-refractivity contribution in [1.82, 2.24) is 19.8 Å². The zero-order chi connectivity index (χ0) is 27.5. The molecular formula is C28H34N8O3. The Labute approximate surface area is 228 Å². The number of nitrogens with zero attached hydrogens (tertiary/aromatic N) is 6. The van der Waals surface area contributed by atoms with Crippen molar-refractivity contribution in [3.05, 3.63) is 54.2 Å². The molecule has 0 bridgehead atoms. The lowest BCUT2D eigenvalue weighted by molar-refractivity contribution is -0.115. The molecular weight excluding hydrogens is 496 g/mol. The van der Waals surface area contributed by atoms with Crippen molar-refractivity contribution in [2.24, 2.45) is 0 Å². The fraction of sp³-hybridized carbons (Fsp3) is 0.357. The van der Waals surface area contributed by atoms with Crippen LogP contribution in [0.4, 0.5) is 39.3 Å². The van der Waals surface area contributed by atoms with Gasteiger partial charge in [0.25, 0.3) is 0 Å². The van der Waals surface area contributed by atoms with Gasteiger partial charge in [-0.25, -0.2) is 14.7 Å². The van der Waals surface area contributed by atoms with E-state index in [0.29, 0.717) is 41.9 Å². The summed E-state index contributed by atoms with van der Waals surface area (Å²) in [5, 5.41) is 6.12. The van der Waals surface area contributed by atoms with Gasteiger partial charge in [0.05, 0.1) is 25.0 Å². The number of nitrogens with one attached hydrogen (secondary N) is 2. The third kappa shape index (κ3) is 5.58. The molecule has 11 heteroatoms. The van der Waals surface area contributed by atoms with Crippen LogP contribution in [0.2, 0.25) is 0 Å². The maximum absolute atomic E-state index is 13.3. The highest BCUT2D eigenvalue weighted by molar-refractivity contribution is 6.01. The molecule has 2 aromatic carbocycles. The molecule has 0 spiro atoms. The van der Waals surface area contributed by atoms with Crippen LogP contribution in [-0.2, 0) is 11.3 Å². The number of anilines is 6. The monoisotopic (exact) mass is 530 g/mol. The predicted molar refractivity (Wildman–Crippen MR) is 152 cm³/mol. The first-order valence-corrected chi connectivity index (χ1v) is 13.1. The predicted octanol–water partition coefficient (Wildman–Crippen LogP) is 4.03. The Morgan fingerprint density at radius 1 is 1.05 bits per heavy atom. The number of rotatable bonds is 7. The lowest BCUT2D eigenvalue weighted by atomic mass is 10.2. The minimum Gasteiger partial charge on any atom is -0.494 e. The zero-order valence-corrected chi connectivity index (χ0v) is 22.8. The van der Waals surface area contributed by atoms with Crippen molar-refractivity contribution in [3.63, 3.8) is 0 Å². The van der Waals surface area contributed by atoms with Crippen LogP contribution in [0, 0.1) is 0 Å². The molecule has 11 nitrogen and oxygen atoms in total. The molecule has 204 valence electrons. The molecule has 2 aliphatic rings. The number of hydrogen-bond acceptors (Lipinski definition) is 8. The Morgan fingerprint density at radius 2 is 1.85 bits per heavy atom. The van der Waals surface area contributed by atoms with Gasteiger partial charge in [-0.3, -0.25) is 4.79 Å². The number of carbonyl (C=O) groups is 2. The van der Waals surface area contributed by atoms with Gasteiger partial charge in [-0.05, 0) is 37.4 Å². The molecule has 2 N–H and O–H groups in total. The van der Waals surface area contributed by atoms with Gasteiger partial charge in [-0.2, -0.15) is 4.98 Å². The van der Waals surface area contributed by atoms with Gasteiger partial charge >= 0.3 is 6.03 Å². The molecule has 5 rings (SSSR count). The Balaban J connectivity index is 1.44. The van der Waals surface area contributed by atoms with Crippen molar-refractivity contribution >= 4 is 46.5 Å². The highest BCUT2D eigenvalue weighted by atomic mass is 16.5. The first-order valence-electron chi connectivity index (χ1n) is 13.1. The first-order chi connectivity index (χ1) is 18.9. The Kier molecular flexibility index (Phi) is 7.51. The van der Waals surface area contributed by atoms with Crippen LogP contribution in [0.15, 0.2) is 48.7 Å². The molecule has 1 fully saturated rings. The average molecular weight is 531 g/mol. The first kappa shape index (κ1) is 26.2. The number of benzene rings is 2. The van der Waals surface area contributed by atoms with Gasteiger partial charge in [0, 0.05) is 68.8 Å². The van der Waals surface area contributed by atoms with Gasteiger partial charge in [-0.15, -0.1) is 0 Å². The van der Waals surface area contributed by atoms with Gasteiger partial charge in [0.1, 0.15) is 5.75 Å². The van der Waals surface area contributed by atoms with Crippen LogP contribution in [0.1, 0.15) is 18.9 Å². The van der Waals surface area contributed by atoms with Crippen LogP contribution in [0.3, 0.4) is 0 Å². The van der Waals surface area contributed by atoms with E-state index in [4.69, 9.17) is 9.72 Å². The summed E-state index contributed by atoms with van der Waals surface area (Å²) < 4.78 is 5.70. The Bertz CT molecular complexity index is 1370. The van der Waals surface area contributed by atoms with Gasteiger partial charge in [0.15, 0.2) is 5.82 Å². The standard InChI is InChI=1S/C28H34N8O3/c1-5-25(37)30-20-7-6-8-22(15-20)36-26-19(18-34(3)28(36)38)17-29-27(32-26)31-23-10-9-21(16-24(23)39-4)35-13-11-33(2)12-14-35/h6-10,15-17H,5,11-14,18H2,1-4H3,(H,30,37)(H,29,31,32). The third-order valence-corrected chi connectivity index (χ3v) is 6.99. The molecule has 1 aromatic heterocycles. The lowest BCUT2D eigenvalue weighted by Gasteiger charge is -2.34. The van der Waals surface area contributed by atoms with Crippen molar-refractivity contribution in [3.8, 4) is 5.75 Å². The number of urea groups is 1. The number of piperazine rings is 1. The highest BCUT2D eigenvalue weighted by Crippen LogP contribution is 2.36. The molecule has 0 aliphatic carbocycles. The molecule has 0 saturated carbocycles. The summed E-state index contributed by atoms with van der Waals surface area (Å²) in [7, 11) is 5.51. The van der Waals surface area contributed by atoms with Crippen LogP contribution in [0.25, 0.3) is 0 Å². The summed E-state index contributed by atoms with van der Waals surface area (Å²) >= 11 is 0. The number of amides is 3. The van der Waals surface area contributed by atoms with Gasteiger partial charge in [-0.1, -0.05) is 13.0 Å². The maximum atomic E-state index is 13.3. The fourth-order valence-corrected chi connectivity index (χ4v) is 4.72. The summed E-state index contributed by atoms with van der Waals surface area (Å²) in [6, 6.07) is 13.0. The minimum atomic E-state index is -0.222. The summed E-state index contributed by atoms with van der Waals surface area (Å²) in [6.45, 7) is 6.14. The average Bonchev–Trinajstić information content (AvgIpc) is 2.94. The van der Waals surface area contributed by atoms with E-state index >= 15 is 0 Å². The highest BCUT2D eigenvalue weighted by Gasteiger charge is 2.32. The van der Waals surface area contributed by atoms with Crippen molar-refractivity contribution < 1.29 is 14.3 Å². The fourth-order valence-electron chi connectivity index (χ4n) is 4.72. The molecule has 3 amide bonds. The molecule has 1 saturated heterocycles. The van der Waals surface area contributed by atoms with E-state index in [9.17, 15) is 9.59 Å². The largest absolute Gasteiger partial charge is 0.494 e. The Morgan fingerprint density at radius 3 is 2.59 bits per heavy atom. The summed E-state index contributed by atoms with van der Waals surface area (Å²) in [5.74, 6) is 1.41. The van der Waals surface area contributed by atoms with Crippen molar-refractivity contribution in [2.45, 2.75) is 19.9 Å². The van der Waals surface area contributed by atoms with Crippen LogP contribution < -0.4 is 25.2 Å². The molecule has 0 unspecified atom stereocenters. The van der Waals surface area contributed by atoms with Gasteiger partial charge < -0.3 is 30.1 Å². The second-order valence-electron chi connectivity index (χ2n) is 9.77. The Hall–Kier alpha value is -4.38. The SMILES string of the molecule is CCC(=O)Nc1cccc(N2C(=O)N(C)Cc3cnc(Nc4ccc(N5CCN(C)CC5)cc4OC)nc32)c1. The van der Waals surface area contributed by atoms with E-state index in [-0.39, 0.29) is 11.9 Å². The second kappa shape index (κ2) is 11.2. The number of hydrogen-bond donors (Lipinski definition) is 2. The number of fused-ring (bicyclic) bond motifs is 1. The van der Waals surface area contributed by atoms with E-state index in [1.807, 2.05) is 18.2 Å². The molecule has 3 heterocycles. The minimum absolute atomic E-state index is 0.101. The summed E-state index contributed by atoms with van der Waals surface area (Å²) in [4.78, 5) is 42.3. The summed E-state index contributed by atoms with van der Waals surface area (Å²) in [5.41, 5.74) is 3.85. The smallest absolute Gasteiger partial charge is 0.330 e. The van der Waals surface area contributed by atoms with Crippen LogP contribution in [-0.4, -0.2) is 79.1 Å². The molecule has 0 radical (unpaired) electrons. The van der Waals surface area contributed by atoms with E-state index in [0.717, 1.165) is 43.1 Å². The third-order valence-electron chi connectivity index (χ3n) is 6.99.